The highest BCUT2D eigenvalue weighted by Gasteiger charge is 2.34. The van der Waals surface area contributed by atoms with Crippen molar-refractivity contribution >= 4 is 41.0 Å². The normalized spacial score (nSPS) is 15.1. The summed E-state index contributed by atoms with van der Waals surface area (Å²) in [5.74, 6) is -2.37. The molecule has 206 valence electrons. The average molecular weight is 563 g/mol. The second-order valence-corrected chi connectivity index (χ2v) is 9.39. The van der Waals surface area contributed by atoms with Gasteiger partial charge in [0.05, 0.1) is 25.3 Å². The summed E-state index contributed by atoms with van der Waals surface area (Å²) in [6.45, 7) is -0.664. The number of hydrogen-bond acceptors (Lipinski definition) is 7. The van der Waals surface area contributed by atoms with Crippen LogP contribution >= 0.6 is 11.6 Å². The van der Waals surface area contributed by atoms with Crippen LogP contribution in [0, 0.1) is 0 Å². The molecule has 3 aromatic rings. The number of methoxy groups -OCH3 is 1. The van der Waals surface area contributed by atoms with Crippen molar-refractivity contribution in [3.63, 3.8) is 0 Å². The number of nitrogens with zero attached hydrogens (tertiary/aromatic N) is 2. The number of hydrogen-bond donors (Lipinski definition) is 2. The predicted octanol–water partition coefficient (Wildman–Crippen LogP) is 3.24. The molecule has 0 spiro atoms. The molecule has 40 heavy (non-hydrogen) atoms. The first kappa shape index (κ1) is 28.3. The lowest BCUT2D eigenvalue weighted by molar-refractivity contribution is -0.154. The van der Waals surface area contributed by atoms with E-state index in [0.717, 1.165) is 11.1 Å². The van der Waals surface area contributed by atoms with Crippen LogP contribution in [0.15, 0.2) is 84.0 Å². The van der Waals surface area contributed by atoms with E-state index in [2.05, 4.69) is 10.4 Å². The molecule has 3 aromatic carbocycles. The third kappa shape index (κ3) is 7.03. The van der Waals surface area contributed by atoms with Crippen molar-refractivity contribution in [1.29, 1.82) is 0 Å². The largest absolute Gasteiger partial charge is 0.497 e. The van der Waals surface area contributed by atoms with Gasteiger partial charge in [-0.1, -0.05) is 54.1 Å². The van der Waals surface area contributed by atoms with E-state index in [-0.39, 0.29) is 5.56 Å². The molecule has 0 radical (unpaired) electrons. The summed E-state index contributed by atoms with van der Waals surface area (Å²) in [6.07, 6.45) is -0.0711. The quantitative estimate of drug-likeness (QED) is 0.363. The Balaban J connectivity index is 1.48. The Labute approximate surface area is 235 Å². The second-order valence-electron chi connectivity index (χ2n) is 8.96. The van der Waals surface area contributed by atoms with Gasteiger partial charge in [0.2, 0.25) is 5.91 Å². The number of carbonyl (C=O) groups excluding carboxylic acids is 4. The van der Waals surface area contributed by atoms with Gasteiger partial charge in [-0.3, -0.25) is 14.4 Å². The van der Waals surface area contributed by atoms with Gasteiger partial charge in [-0.05, 0) is 47.5 Å². The number of nitrogens with two attached hydrogens (primary N) is 1. The van der Waals surface area contributed by atoms with Crippen LogP contribution in [0.5, 0.6) is 5.75 Å². The Morgan fingerprint density at radius 2 is 1.70 bits per heavy atom. The molecular formula is C29H27ClN4O6. The molecule has 0 saturated carbocycles. The first-order chi connectivity index (χ1) is 19.2. The van der Waals surface area contributed by atoms with Crippen LogP contribution in [0.3, 0.4) is 0 Å². The summed E-state index contributed by atoms with van der Waals surface area (Å²) in [6, 6.07) is 20.8. The monoisotopic (exact) mass is 562 g/mol. The Bertz CT molecular complexity index is 1410. The highest BCUT2D eigenvalue weighted by molar-refractivity contribution is 6.30. The van der Waals surface area contributed by atoms with Gasteiger partial charge >= 0.3 is 5.97 Å². The predicted molar refractivity (Wildman–Crippen MR) is 148 cm³/mol. The van der Waals surface area contributed by atoms with Gasteiger partial charge in [0, 0.05) is 17.0 Å². The van der Waals surface area contributed by atoms with Crippen molar-refractivity contribution < 1.29 is 28.7 Å². The van der Waals surface area contributed by atoms with Crippen LogP contribution in [-0.2, 0) is 19.1 Å². The lowest BCUT2D eigenvalue weighted by Crippen LogP contribution is -2.45. The highest BCUT2D eigenvalue weighted by atomic mass is 35.5. The number of halogens is 1. The number of amides is 3. The third-order valence-electron chi connectivity index (χ3n) is 6.21. The van der Waals surface area contributed by atoms with Crippen molar-refractivity contribution in [2.75, 3.05) is 13.7 Å². The van der Waals surface area contributed by atoms with Gasteiger partial charge in [0.25, 0.3) is 11.8 Å². The van der Waals surface area contributed by atoms with Crippen LogP contribution in [-0.4, -0.2) is 54.2 Å². The van der Waals surface area contributed by atoms with E-state index in [4.69, 9.17) is 26.8 Å². The molecule has 1 heterocycles. The van der Waals surface area contributed by atoms with Crippen molar-refractivity contribution in [3.05, 3.63) is 101 Å². The molecule has 2 unspecified atom stereocenters. The first-order valence-corrected chi connectivity index (χ1v) is 12.7. The Hall–Kier alpha value is -4.70. The minimum absolute atomic E-state index is 0.213. The van der Waals surface area contributed by atoms with Crippen LogP contribution in [0.1, 0.15) is 40.4 Å². The van der Waals surface area contributed by atoms with E-state index < -0.39 is 48.8 Å². The molecule has 3 amide bonds. The summed E-state index contributed by atoms with van der Waals surface area (Å²) in [5.41, 5.74) is 7.87. The van der Waals surface area contributed by atoms with E-state index in [1.165, 1.54) is 29.3 Å². The summed E-state index contributed by atoms with van der Waals surface area (Å²) in [7, 11) is 1.56. The summed E-state index contributed by atoms with van der Waals surface area (Å²) < 4.78 is 10.5. The lowest BCUT2D eigenvalue weighted by atomic mass is 9.98. The number of rotatable bonds is 10. The zero-order valence-corrected chi connectivity index (χ0v) is 22.3. The van der Waals surface area contributed by atoms with Crippen LogP contribution in [0.25, 0.3) is 0 Å². The molecule has 3 N–H and O–H groups in total. The van der Waals surface area contributed by atoms with Crippen LogP contribution in [0.4, 0.5) is 0 Å². The zero-order valence-electron chi connectivity index (χ0n) is 21.6. The van der Waals surface area contributed by atoms with Gasteiger partial charge in [-0.15, -0.1) is 0 Å². The van der Waals surface area contributed by atoms with E-state index in [9.17, 15) is 19.2 Å². The van der Waals surface area contributed by atoms with Crippen molar-refractivity contribution in [1.82, 2.24) is 10.3 Å². The topological polar surface area (TPSA) is 140 Å². The van der Waals surface area contributed by atoms with Crippen LogP contribution < -0.4 is 15.8 Å². The molecule has 0 fully saturated rings. The smallest absolute Gasteiger partial charge is 0.329 e. The number of benzene rings is 3. The van der Waals surface area contributed by atoms with Crippen molar-refractivity contribution in [2.45, 2.75) is 24.9 Å². The van der Waals surface area contributed by atoms with E-state index in [1.807, 2.05) is 42.5 Å². The number of ether oxygens (including phenoxy) is 2. The maximum absolute atomic E-state index is 13.3. The number of nitrogens with one attached hydrogen (secondary N) is 1. The SMILES string of the molecule is COc1ccc(C2CC(c3ccccc3)=NN2C(=O)COC(=O)C(CC(N)=O)NC(=O)c2ccc(Cl)cc2)cc1. The fourth-order valence-electron chi connectivity index (χ4n) is 4.17. The Kier molecular flexibility index (Phi) is 9.13. The maximum Gasteiger partial charge on any atom is 0.329 e. The zero-order chi connectivity index (χ0) is 28.6. The van der Waals surface area contributed by atoms with Crippen molar-refractivity contribution in [2.24, 2.45) is 10.8 Å². The second kappa shape index (κ2) is 12.9. The molecular weight excluding hydrogens is 536 g/mol. The number of primary amides is 1. The molecule has 0 bridgehead atoms. The standard InChI is InChI=1S/C29H27ClN4O6/c1-39-22-13-9-19(10-14-22)25-15-23(18-5-3-2-4-6-18)33-34(25)27(36)17-40-29(38)24(16-26(31)35)32-28(37)20-7-11-21(30)12-8-20/h2-14,24-25H,15-17H2,1H3,(H2,31,35)(H,32,37). The average Bonchev–Trinajstić information content (AvgIpc) is 3.42. The van der Waals surface area contributed by atoms with Gasteiger partial charge < -0.3 is 20.5 Å². The molecule has 4 rings (SSSR count). The minimum atomic E-state index is -1.40. The molecule has 1 aliphatic heterocycles. The third-order valence-corrected chi connectivity index (χ3v) is 6.46. The molecule has 1 aliphatic rings. The molecule has 0 aliphatic carbocycles. The van der Waals surface area contributed by atoms with Crippen molar-refractivity contribution in [3.8, 4) is 5.75 Å². The Morgan fingerprint density at radius 3 is 2.33 bits per heavy atom. The minimum Gasteiger partial charge on any atom is -0.497 e. The van der Waals surface area contributed by atoms with E-state index in [1.54, 1.807) is 19.2 Å². The number of hydrazone groups is 1. The lowest BCUT2D eigenvalue weighted by Gasteiger charge is -2.23. The van der Waals surface area contributed by atoms with E-state index >= 15 is 0 Å². The van der Waals surface area contributed by atoms with Gasteiger partial charge in [0.1, 0.15) is 11.8 Å². The fraction of sp³-hybridized carbons (Fsp3) is 0.207. The molecule has 0 saturated heterocycles. The summed E-state index contributed by atoms with van der Waals surface area (Å²) >= 11 is 5.86. The fourth-order valence-corrected chi connectivity index (χ4v) is 4.29. The summed E-state index contributed by atoms with van der Waals surface area (Å²) in [5, 5.41) is 8.69. The Morgan fingerprint density at radius 1 is 1.02 bits per heavy atom. The molecule has 11 heteroatoms. The van der Waals surface area contributed by atoms with E-state index in [0.29, 0.717) is 22.9 Å². The highest BCUT2D eigenvalue weighted by Crippen LogP contribution is 2.33. The molecule has 10 nitrogen and oxygen atoms in total. The van der Waals surface area contributed by atoms with Gasteiger partial charge in [0.15, 0.2) is 6.61 Å². The first-order valence-electron chi connectivity index (χ1n) is 12.4. The number of esters is 1. The van der Waals surface area contributed by atoms with Crippen LogP contribution in [0.2, 0.25) is 5.02 Å². The maximum atomic E-state index is 13.3. The molecule has 0 aromatic heterocycles. The van der Waals surface area contributed by atoms with Gasteiger partial charge in [-0.2, -0.15) is 5.10 Å². The molecule has 2 atom stereocenters. The summed E-state index contributed by atoms with van der Waals surface area (Å²) in [4.78, 5) is 50.3. The van der Waals surface area contributed by atoms with Gasteiger partial charge in [-0.25, -0.2) is 9.80 Å². The number of carbonyl (C=O) groups is 4.